The van der Waals surface area contributed by atoms with Crippen LogP contribution < -0.4 is 15.0 Å². The van der Waals surface area contributed by atoms with Gasteiger partial charge in [-0.3, -0.25) is 0 Å². The molecule has 2 aromatic carbocycles. The fourth-order valence-corrected chi connectivity index (χ4v) is 3.07. The molecule has 144 valence electrons. The van der Waals surface area contributed by atoms with E-state index in [1.807, 2.05) is 29.2 Å². The topological polar surface area (TPSA) is 44.8 Å². The standard InChI is InChI=1S/C20H23F2N3O2/c1-27-17-5-2-15(3-6-17)8-9-23-20(26)25-12-10-24(11-13-25)16-4-7-18(21)19(22)14-16/h2-7,14H,8-13H2,1H3,(H,23,26). The summed E-state index contributed by atoms with van der Waals surface area (Å²) < 4.78 is 31.6. The van der Waals surface area contributed by atoms with Crippen molar-refractivity contribution in [3.8, 4) is 5.75 Å². The van der Waals surface area contributed by atoms with Gasteiger partial charge in [-0.1, -0.05) is 12.1 Å². The molecule has 0 aromatic heterocycles. The first-order chi connectivity index (χ1) is 13.1. The summed E-state index contributed by atoms with van der Waals surface area (Å²) >= 11 is 0. The predicted octanol–water partition coefficient (Wildman–Crippen LogP) is 3.05. The molecule has 0 saturated carbocycles. The van der Waals surface area contributed by atoms with Gasteiger partial charge in [-0.15, -0.1) is 0 Å². The van der Waals surface area contributed by atoms with Crippen LogP contribution in [0.2, 0.25) is 0 Å². The Morgan fingerprint density at radius 1 is 1.04 bits per heavy atom. The normalized spacial score (nSPS) is 14.2. The van der Waals surface area contributed by atoms with Gasteiger partial charge in [0, 0.05) is 44.5 Å². The number of urea groups is 1. The minimum atomic E-state index is -0.855. The van der Waals surface area contributed by atoms with Gasteiger partial charge in [0.1, 0.15) is 5.75 Å². The van der Waals surface area contributed by atoms with Crippen LogP contribution in [0.25, 0.3) is 0 Å². The third kappa shape index (κ3) is 4.87. The Morgan fingerprint density at radius 3 is 2.37 bits per heavy atom. The molecule has 5 nitrogen and oxygen atoms in total. The highest BCUT2D eigenvalue weighted by Crippen LogP contribution is 2.19. The first-order valence-electron chi connectivity index (χ1n) is 8.92. The molecular weight excluding hydrogens is 352 g/mol. The van der Waals surface area contributed by atoms with Crippen LogP contribution in [0.5, 0.6) is 5.75 Å². The lowest BCUT2D eigenvalue weighted by Gasteiger charge is -2.36. The van der Waals surface area contributed by atoms with Crippen molar-refractivity contribution in [3.05, 3.63) is 59.7 Å². The second kappa shape index (κ2) is 8.70. The monoisotopic (exact) mass is 375 g/mol. The van der Waals surface area contributed by atoms with Gasteiger partial charge in [0.25, 0.3) is 0 Å². The molecule has 1 fully saturated rings. The number of halogens is 2. The van der Waals surface area contributed by atoms with E-state index in [2.05, 4.69) is 5.32 Å². The van der Waals surface area contributed by atoms with Crippen molar-refractivity contribution in [2.24, 2.45) is 0 Å². The van der Waals surface area contributed by atoms with E-state index in [-0.39, 0.29) is 6.03 Å². The molecule has 2 aromatic rings. The first kappa shape index (κ1) is 18.9. The highest BCUT2D eigenvalue weighted by Gasteiger charge is 2.21. The molecule has 0 aliphatic carbocycles. The average Bonchev–Trinajstić information content (AvgIpc) is 2.70. The van der Waals surface area contributed by atoms with Crippen molar-refractivity contribution >= 4 is 11.7 Å². The van der Waals surface area contributed by atoms with Crippen molar-refractivity contribution < 1.29 is 18.3 Å². The number of carbonyl (C=O) groups is 1. The van der Waals surface area contributed by atoms with E-state index < -0.39 is 11.6 Å². The van der Waals surface area contributed by atoms with Crippen molar-refractivity contribution in [1.29, 1.82) is 0 Å². The molecule has 0 spiro atoms. The van der Waals surface area contributed by atoms with E-state index in [9.17, 15) is 13.6 Å². The molecule has 1 aliphatic heterocycles. The molecule has 1 heterocycles. The lowest BCUT2D eigenvalue weighted by atomic mass is 10.1. The Kier molecular flexibility index (Phi) is 6.11. The van der Waals surface area contributed by atoms with Gasteiger partial charge in [-0.2, -0.15) is 0 Å². The fraction of sp³-hybridized carbons (Fsp3) is 0.350. The Morgan fingerprint density at radius 2 is 1.74 bits per heavy atom. The molecule has 0 unspecified atom stereocenters. The fourth-order valence-electron chi connectivity index (χ4n) is 3.07. The number of carbonyl (C=O) groups excluding carboxylic acids is 1. The second-order valence-electron chi connectivity index (χ2n) is 6.40. The summed E-state index contributed by atoms with van der Waals surface area (Å²) in [6.45, 7) is 2.78. The molecule has 7 heteroatoms. The van der Waals surface area contributed by atoms with Crippen LogP contribution in [-0.2, 0) is 6.42 Å². The summed E-state index contributed by atoms with van der Waals surface area (Å²) in [5, 5.41) is 2.93. The molecule has 0 atom stereocenters. The Bertz CT molecular complexity index is 775. The van der Waals surface area contributed by atoms with Gasteiger partial charge in [0.2, 0.25) is 0 Å². The minimum absolute atomic E-state index is 0.103. The summed E-state index contributed by atoms with van der Waals surface area (Å²) in [7, 11) is 1.63. The summed E-state index contributed by atoms with van der Waals surface area (Å²) in [5.41, 5.74) is 1.76. The van der Waals surface area contributed by atoms with E-state index >= 15 is 0 Å². The Hall–Kier alpha value is -2.83. The van der Waals surface area contributed by atoms with E-state index in [0.29, 0.717) is 38.4 Å². The second-order valence-corrected chi connectivity index (χ2v) is 6.40. The average molecular weight is 375 g/mol. The maximum Gasteiger partial charge on any atom is 0.317 e. The summed E-state index contributed by atoms with van der Waals surface area (Å²) in [4.78, 5) is 16.0. The predicted molar refractivity (Wildman–Crippen MR) is 100 cm³/mol. The molecule has 3 rings (SSSR count). The number of amides is 2. The maximum absolute atomic E-state index is 13.4. The number of hydrogen-bond acceptors (Lipinski definition) is 3. The Labute approximate surface area is 157 Å². The van der Waals surface area contributed by atoms with Crippen LogP contribution in [0.4, 0.5) is 19.3 Å². The van der Waals surface area contributed by atoms with Crippen LogP contribution in [0.3, 0.4) is 0 Å². The van der Waals surface area contributed by atoms with Crippen LogP contribution in [0, 0.1) is 11.6 Å². The highest BCUT2D eigenvalue weighted by molar-refractivity contribution is 5.74. The highest BCUT2D eigenvalue weighted by atomic mass is 19.2. The number of ether oxygens (including phenoxy) is 1. The van der Waals surface area contributed by atoms with Crippen LogP contribution in [-0.4, -0.2) is 50.8 Å². The van der Waals surface area contributed by atoms with Crippen LogP contribution >= 0.6 is 0 Å². The molecule has 1 N–H and O–H groups in total. The van der Waals surface area contributed by atoms with Gasteiger partial charge >= 0.3 is 6.03 Å². The number of piperazine rings is 1. The summed E-state index contributed by atoms with van der Waals surface area (Å²) in [6, 6.07) is 11.5. The summed E-state index contributed by atoms with van der Waals surface area (Å²) in [5.74, 6) is -0.901. The van der Waals surface area contributed by atoms with Gasteiger partial charge in [-0.25, -0.2) is 13.6 Å². The van der Waals surface area contributed by atoms with Crippen molar-refractivity contribution in [2.75, 3.05) is 44.7 Å². The number of nitrogens with zero attached hydrogens (tertiary/aromatic N) is 2. The third-order valence-electron chi connectivity index (χ3n) is 4.68. The molecule has 27 heavy (non-hydrogen) atoms. The van der Waals surface area contributed by atoms with Gasteiger partial charge < -0.3 is 19.9 Å². The number of anilines is 1. The van der Waals surface area contributed by atoms with Gasteiger partial charge in [0.05, 0.1) is 7.11 Å². The zero-order valence-electron chi connectivity index (χ0n) is 15.3. The zero-order chi connectivity index (χ0) is 19.2. The summed E-state index contributed by atoms with van der Waals surface area (Å²) in [6.07, 6.45) is 0.741. The van der Waals surface area contributed by atoms with Crippen LogP contribution in [0.15, 0.2) is 42.5 Å². The smallest absolute Gasteiger partial charge is 0.317 e. The van der Waals surface area contributed by atoms with Crippen molar-refractivity contribution in [2.45, 2.75) is 6.42 Å². The molecule has 1 saturated heterocycles. The molecular formula is C20H23F2N3O2. The molecule has 1 aliphatic rings. The number of nitrogens with one attached hydrogen (secondary N) is 1. The quantitative estimate of drug-likeness (QED) is 0.874. The van der Waals surface area contributed by atoms with Gasteiger partial charge in [-0.05, 0) is 36.2 Å². The largest absolute Gasteiger partial charge is 0.497 e. The number of rotatable bonds is 5. The van der Waals surface area contributed by atoms with E-state index in [1.54, 1.807) is 18.1 Å². The Balaban J connectivity index is 1.43. The van der Waals surface area contributed by atoms with Crippen LogP contribution in [0.1, 0.15) is 5.56 Å². The molecule has 2 amide bonds. The lowest BCUT2D eigenvalue weighted by Crippen LogP contribution is -2.52. The third-order valence-corrected chi connectivity index (χ3v) is 4.68. The number of hydrogen-bond donors (Lipinski definition) is 1. The maximum atomic E-state index is 13.4. The van der Waals surface area contributed by atoms with E-state index in [4.69, 9.17) is 4.74 Å². The van der Waals surface area contributed by atoms with E-state index in [0.717, 1.165) is 23.8 Å². The van der Waals surface area contributed by atoms with Crippen molar-refractivity contribution in [3.63, 3.8) is 0 Å². The van der Waals surface area contributed by atoms with Gasteiger partial charge in [0.15, 0.2) is 11.6 Å². The first-order valence-corrected chi connectivity index (χ1v) is 8.92. The number of methoxy groups -OCH3 is 1. The molecule has 0 radical (unpaired) electrons. The number of benzene rings is 2. The zero-order valence-corrected chi connectivity index (χ0v) is 15.3. The lowest BCUT2D eigenvalue weighted by molar-refractivity contribution is 0.194. The minimum Gasteiger partial charge on any atom is -0.497 e. The molecule has 0 bridgehead atoms. The van der Waals surface area contributed by atoms with E-state index in [1.165, 1.54) is 6.07 Å². The van der Waals surface area contributed by atoms with Crippen molar-refractivity contribution in [1.82, 2.24) is 10.2 Å². The SMILES string of the molecule is COc1ccc(CCNC(=O)N2CCN(c3ccc(F)c(F)c3)CC2)cc1.